The van der Waals surface area contributed by atoms with Gasteiger partial charge < -0.3 is 64.7 Å². The Morgan fingerprint density at radius 2 is 0.698 bits per heavy atom. The van der Waals surface area contributed by atoms with Crippen molar-refractivity contribution in [3.63, 3.8) is 0 Å². The summed E-state index contributed by atoms with van der Waals surface area (Å²) in [5.41, 5.74) is 0. The number of methoxy groups -OCH3 is 3. The number of hydrogen-bond donors (Lipinski definition) is 3. The molecule has 0 amide bonds. The maximum absolute atomic E-state index is 9.75. The zero-order valence-corrected chi connectivity index (χ0v) is 26.2. The predicted octanol–water partition coefficient (Wildman–Crippen LogP) is 0.574. The molecule has 0 aromatic rings. The molecule has 3 N–H and O–H groups in total. The van der Waals surface area contributed by atoms with Gasteiger partial charge in [0.05, 0.1) is 40.2 Å². The second kappa shape index (κ2) is 26.8. The number of hydrogen-bond acceptors (Lipinski definition) is 11. The average molecular weight is 693 g/mol. The summed E-state index contributed by atoms with van der Waals surface area (Å²) in [4.78, 5) is 12.1. The van der Waals surface area contributed by atoms with E-state index in [0.29, 0.717) is 20.2 Å². The van der Waals surface area contributed by atoms with Crippen LogP contribution in [0.3, 0.4) is 0 Å². The molecular formula is C21H48B2CoF8N8O3. The molecule has 0 saturated carbocycles. The quantitative estimate of drug-likeness (QED) is 0.270. The molecule has 22 heteroatoms. The summed E-state index contributed by atoms with van der Waals surface area (Å²) in [6.45, 7) is 16.4. The van der Waals surface area contributed by atoms with Gasteiger partial charge in [0.25, 0.3) is 0 Å². The fraction of sp³-hybridized carbons (Fsp3) is 1.00. The van der Waals surface area contributed by atoms with Crippen molar-refractivity contribution in [3.05, 3.63) is 0 Å². The number of nitrogens with zero attached hydrogens (tertiary/aromatic N) is 5. The van der Waals surface area contributed by atoms with E-state index in [1.165, 1.54) is 0 Å². The SMILES string of the molecule is COCN1CCN2CCN(COC)CNCCN(CCNC1)CCNCN(COC)CC2.F[B-](F)(F)F.F[B-](F)(F)F.[Co+2]. The van der Waals surface area contributed by atoms with E-state index in [9.17, 15) is 34.5 Å². The van der Waals surface area contributed by atoms with Gasteiger partial charge in [0.2, 0.25) is 0 Å². The molecule has 0 spiro atoms. The molecule has 43 heavy (non-hydrogen) atoms. The monoisotopic (exact) mass is 693 g/mol. The van der Waals surface area contributed by atoms with Crippen molar-refractivity contribution >= 4 is 14.5 Å². The van der Waals surface area contributed by atoms with Gasteiger partial charge in [-0.05, 0) is 0 Å². The van der Waals surface area contributed by atoms with Gasteiger partial charge in [-0.3, -0.25) is 24.5 Å². The summed E-state index contributed by atoms with van der Waals surface area (Å²) in [6.07, 6.45) is 0. The van der Waals surface area contributed by atoms with E-state index in [2.05, 4.69) is 40.4 Å². The third-order valence-corrected chi connectivity index (χ3v) is 5.95. The summed E-state index contributed by atoms with van der Waals surface area (Å²) in [5.74, 6) is 0. The second-order valence-electron chi connectivity index (χ2n) is 9.58. The summed E-state index contributed by atoms with van der Waals surface area (Å²) < 4.78 is 94.4. The number of nitrogens with one attached hydrogen (secondary N) is 3. The summed E-state index contributed by atoms with van der Waals surface area (Å²) >= 11 is 0. The Balaban J connectivity index is 0. The van der Waals surface area contributed by atoms with Gasteiger partial charge in [0.15, 0.2) is 0 Å². The first-order valence-electron chi connectivity index (χ1n) is 13.7. The molecule has 0 unspecified atom stereocenters. The molecule has 261 valence electrons. The van der Waals surface area contributed by atoms with Gasteiger partial charge >= 0.3 is 31.3 Å². The number of halogens is 8. The molecule has 3 rings (SSSR count). The minimum atomic E-state index is -6.00. The Hall–Kier alpha value is -0.364. The van der Waals surface area contributed by atoms with Crippen LogP contribution in [-0.4, -0.2) is 179 Å². The van der Waals surface area contributed by atoms with E-state index in [4.69, 9.17) is 14.2 Å². The Morgan fingerprint density at radius 3 is 0.930 bits per heavy atom. The number of ether oxygens (including phenoxy) is 3. The number of rotatable bonds is 6. The molecule has 0 aliphatic carbocycles. The van der Waals surface area contributed by atoms with Crippen LogP contribution >= 0.6 is 0 Å². The van der Waals surface area contributed by atoms with Crippen molar-refractivity contribution < 1.29 is 65.5 Å². The normalized spacial score (nSPS) is 23.5. The minimum Gasteiger partial charge on any atom is -0.418 e. The van der Waals surface area contributed by atoms with Crippen molar-refractivity contribution in [2.24, 2.45) is 0 Å². The van der Waals surface area contributed by atoms with E-state index in [1.54, 1.807) is 21.3 Å². The summed E-state index contributed by atoms with van der Waals surface area (Å²) in [5, 5.41) is 10.8. The molecular weight excluding hydrogens is 645 g/mol. The fourth-order valence-corrected chi connectivity index (χ4v) is 4.06. The molecule has 3 heterocycles. The first kappa shape index (κ1) is 44.8. The third-order valence-electron chi connectivity index (χ3n) is 5.95. The molecule has 2 bridgehead atoms. The van der Waals surface area contributed by atoms with E-state index >= 15 is 0 Å². The van der Waals surface area contributed by atoms with Crippen LogP contribution in [0.5, 0.6) is 0 Å². The predicted molar refractivity (Wildman–Crippen MR) is 148 cm³/mol. The van der Waals surface area contributed by atoms with Gasteiger partial charge in [-0.25, -0.2) is 0 Å². The molecule has 0 aromatic heterocycles. The van der Waals surface area contributed by atoms with Crippen molar-refractivity contribution in [3.8, 4) is 0 Å². The molecule has 0 atom stereocenters. The molecule has 11 nitrogen and oxygen atoms in total. The minimum absolute atomic E-state index is 0. The van der Waals surface area contributed by atoms with E-state index in [1.807, 2.05) is 0 Å². The maximum Gasteiger partial charge on any atom is 2.00 e. The van der Waals surface area contributed by atoms with Gasteiger partial charge in [-0.2, -0.15) is 0 Å². The van der Waals surface area contributed by atoms with Crippen molar-refractivity contribution in [2.75, 3.05) is 140 Å². The first-order valence-corrected chi connectivity index (χ1v) is 13.7. The molecule has 1 radical (unpaired) electrons. The van der Waals surface area contributed by atoms with Crippen molar-refractivity contribution in [1.82, 2.24) is 40.4 Å². The second-order valence-corrected chi connectivity index (χ2v) is 9.58. The van der Waals surface area contributed by atoms with E-state index in [-0.39, 0.29) is 16.8 Å². The van der Waals surface area contributed by atoms with E-state index in [0.717, 1.165) is 98.5 Å². The van der Waals surface area contributed by atoms with Crippen molar-refractivity contribution in [1.29, 1.82) is 0 Å². The van der Waals surface area contributed by atoms with Gasteiger partial charge in [0.1, 0.15) is 0 Å². The van der Waals surface area contributed by atoms with Crippen molar-refractivity contribution in [2.45, 2.75) is 0 Å². The van der Waals surface area contributed by atoms with Crippen LogP contribution in [0.25, 0.3) is 0 Å². The van der Waals surface area contributed by atoms with Gasteiger partial charge in [0, 0.05) is 99.9 Å². The summed E-state index contributed by atoms with van der Waals surface area (Å²) in [7, 11) is -6.68. The van der Waals surface area contributed by atoms with Gasteiger partial charge in [-0.15, -0.1) is 0 Å². The maximum atomic E-state index is 9.75. The van der Waals surface area contributed by atoms with E-state index < -0.39 is 14.5 Å². The topological polar surface area (TPSA) is 80.0 Å². The molecule has 3 fully saturated rings. The van der Waals surface area contributed by atoms with Crippen LogP contribution in [-0.2, 0) is 31.0 Å². The van der Waals surface area contributed by atoms with Crippen LogP contribution in [0.2, 0.25) is 0 Å². The van der Waals surface area contributed by atoms with Crippen LogP contribution < -0.4 is 16.0 Å². The van der Waals surface area contributed by atoms with Crippen LogP contribution in [0.4, 0.5) is 34.5 Å². The zero-order valence-electron chi connectivity index (χ0n) is 25.2. The summed E-state index contributed by atoms with van der Waals surface area (Å²) in [6, 6.07) is 0. The molecule has 0 aromatic carbocycles. The van der Waals surface area contributed by atoms with Crippen LogP contribution in [0.15, 0.2) is 0 Å². The molecule has 3 aliphatic heterocycles. The smallest absolute Gasteiger partial charge is 0.418 e. The Labute approximate surface area is 260 Å². The Kier molecular flexibility index (Phi) is 27.9. The third kappa shape index (κ3) is 32.8. The molecule has 3 aliphatic rings. The first-order chi connectivity index (χ1) is 19.7. The largest absolute Gasteiger partial charge is 2.00 e. The molecule has 3 saturated heterocycles. The van der Waals surface area contributed by atoms with Crippen LogP contribution in [0.1, 0.15) is 0 Å². The Bertz CT molecular complexity index is 560. The zero-order chi connectivity index (χ0) is 31.9. The average Bonchev–Trinajstić information content (AvgIpc) is 2.86. The fourth-order valence-electron chi connectivity index (χ4n) is 4.06. The Morgan fingerprint density at radius 1 is 0.465 bits per heavy atom. The van der Waals surface area contributed by atoms with Crippen LogP contribution in [0, 0.1) is 0 Å². The number of fused-ring (bicyclic) bond motifs is 18. The van der Waals surface area contributed by atoms with Gasteiger partial charge in [-0.1, -0.05) is 0 Å². The standard InChI is InChI=1S/C21H48N8O3.2BF4.Co/c1-30-19-27-13-10-26-11-14-28(20-31-2)17-23-5-8-25(7-4-22-16-27)9-6-24-18-29(15-12-26)21-32-3;2*2-1(3,4)5;/h22-24H,4-21H2,1-3H3;;;/q;2*-1;+2.